The Morgan fingerprint density at radius 2 is 1.90 bits per heavy atom. The Balaban J connectivity index is 1.18. The van der Waals surface area contributed by atoms with Crippen molar-refractivity contribution in [2.45, 2.75) is 107 Å². The third kappa shape index (κ3) is 6.92. The van der Waals surface area contributed by atoms with Gasteiger partial charge in [-0.1, -0.05) is 25.0 Å². The number of aryl methyl sites for hydroxylation is 2. The fourth-order valence-electron chi connectivity index (χ4n) is 7.49. The minimum absolute atomic E-state index is 0.0349. The fraction of sp³-hybridized carbons (Fsp3) is 0.571. The average molecular weight is 706 g/mol. The number of rotatable bonds is 6. The molecule has 2 aliphatic carbocycles. The second kappa shape index (κ2) is 14.0. The molecule has 0 spiro atoms. The molecule has 0 unspecified atom stereocenters. The van der Waals surface area contributed by atoms with E-state index in [9.17, 15) is 24.3 Å². The summed E-state index contributed by atoms with van der Waals surface area (Å²) in [5.41, 5.74) is 0.777. The van der Waals surface area contributed by atoms with Gasteiger partial charge in [-0.25, -0.2) is 14.6 Å². The van der Waals surface area contributed by atoms with E-state index in [2.05, 4.69) is 15.7 Å². The van der Waals surface area contributed by atoms with Crippen LogP contribution in [-0.4, -0.2) is 90.0 Å². The van der Waals surface area contributed by atoms with Gasteiger partial charge in [0.2, 0.25) is 17.7 Å². The molecule has 5 heterocycles. The van der Waals surface area contributed by atoms with Crippen molar-refractivity contribution in [1.29, 1.82) is 0 Å². The Morgan fingerprint density at radius 1 is 1.10 bits per heavy atom. The van der Waals surface area contributed by atoms with Crippen LogP contribution in [0.25, 0.3) is 21.7 Å². The summed E-state index contributed by atoms with van der Waals surface area (Å²) in [5, 5.41) is 22.1. The highest BCUT2D eigenvalue weighted by Gasteiger charge is 2.61. The molecule has 0 aromatic carbocycles. The molecule has 1 saturated heterocycles. The first-order valence-electron chi connectivity index (χ1n) is 17.5. The number of fused-ring (bicyclic) bond motifs is 3. The van der Waals surface area contributed by atoms with Crippen molar-refractivity contribution in [2.75, 3.05) is 6.54 Å². The molecule has 3 N–H and O–H groups in total. The van der Waals surface area contributed by atoms with E-state index in [-0.39, 0.29) is 31.4 Å². The number of aromatic nitrogens is 4. The lowest BCUT2D eigenvalue weighted by Gasteiger charge is -2.29. The lowest BCUT2D eigenvalue weighted by Crippen LogP contribution is -2.56. The number of amides is 3. The van der Waals surface area contributed by atoms with Gasteiger partial charge in [0.15, 0.2) is 5.82 Å². The molecule has 2 aliphatic heterocycles. The van der Waals surface area contributed by atoms with Crippen LogP contribution in [0.15, 0.2) is 29.7 Å². The van der Waals surface area contributed by atoms with Gasteiger partial charge in [0.25, 0.3) is 0 Å². The Morgan fingerprint density at radius 3 is 2.66 bits per heavy atom. The monoisotopic (exact) mass is 705 g/mol. The first kappa shape index (κ1) is 33.9. The van der Waals surface area contributed by atoms with Crippen LogP contribution < -0.4 is 15.4 Å². The summed E-state index contributed by atoms with van der Waals surface area (Å²) in [4.78, 5) is 64.9. The van der Waals surface area contributed by atoms with Crippen LogP contribution in [0.4, 0.5) is 4.79 Å². The van der Waals surface area contributed by atoms with Gasteiger partial charge in [-0.15, -0.1) is 11.3 Å². The maximum atomic E-state index is 14.4. The first-order valence-corrected chi connectivity index (χ1v) is 18.4. The number of carbonyl (C=O) groups is 4. The molecule has 3 fully saturated rings. The quantitative estimate of drug-likeness (QED) is 0.314. The summed E-state index contributed by atoms with van der Waals surface area (Å²) in [6.07, 6.45) is 9.79. The van der Waals surface area contributed by atoms with Gasteiger partial charge >= 0.3 is 12.1 Å². The molecule has 3 aromatic heterocycles. The number of hydrogen-bond donors (Lipinski definition) is 3. The highest BCUT2D eigenvalue weighted by atomic mass is 32.1. The number of alkyl carbamates (subject to hydrolysis) is 1. The van der Waals surface area contributed by atoms with Crippen LogP contribution in [0.3, 0.4) is 0 Å². The summed E-state index contributed by atoms with van der Waals surface area (Å²) in [6.45, 7) is 1.92. The molecule has 3 aromatic rings. The van der Waals surface area contributed by atoms with Crippen molar-refractivity contribution in [2.24, 2.45) is 13.0 Å². The number of aliphatic carboxylic acids is 1. The van der Waals surface area contributed by atoms with Crippen LogP contribution in [-0.2, 0) is 26.2 Å². The summed E-state index contributed by atoms with van der Waals surface area (Å²) < 4.78 is 14.6. The first-order chi connectivity index (χ1) is 24.1. The van der Waals surface area contributed by atoms with Crippen molar-refractivity contribution in [3.63, 3.8) is 0 Å². The van der Waals surface area contributed by atoms with E-state index in [1.54, 1.807) is 4.68 Å². The Kier molecular flexibility index (Phi) is 9.51. The normalized spacial score (nSPS) is 28.2. The van der Waals surface area contributed by atoms with Crippen molar-refractivity contribution >= 4 is 45.4 Å². The van der Waals surface area contributed by atoms with Crippen LogP contribution >= 0.6 is 11.3 Å². The van der Waals surface area contributed by atoms with E-state index < -0.39 is 47.6 Å². The number of hydrogen-bond acceptors (Lipinski definition) is 10. The molecule has 50 heavy (non-hydrogen) atoms. The Hall–Kier alpha value is -4.53. The SMILES string of the molecule is Cc1cc(-c2nc(O[C@@H]3C[C@H]4C(=O)N[C@]5(C(=O)O)C[C@H]5/C=C/CCCCC[C@H](NC(=O)OC5CCCC5)C(=O)N4C3)c3sccc3n2)n(C)n1. The van der Waals surface area contributed by atoms with Gasteiger partial charge in [0, 0.05) is 19.4 Å². The smallest absolute Gasteiger partial charge is 0.408 e. The van der Waals surface area contributed by atoms with Crippen LogP contribution in [0.1, 0.15) is 76.3 Å². The van der Waals surface area contributed by atoms with Crippen molar-refractivity contribution in [3.05, 3.63) is 35.4 Å². The molecule has 15 heteroatoms. The van der Waals surface area contributed by atoms with E-state index in [0.29, 0.717) is 35.8 Å². The van der Waals surface area contributed by atoms with Gasteiger partial charge < -0.3 is 30.1 Å². The van der Waals surface area contributed by atoms with Crippen molar-refractivity contribution in [3.8, 4) is 17.4 Å². The molecule has 0 bridgehead atoms. The van der Waals surface area contributed by atoms with Crippen LogP contribution in [0, 0.1) is 12.8 Å². The number of carboxylic acids is 1. The zero-order valence-electron chi connectivity index (χ0n) is 28.3. The van der Waals surface area contributed by atoms with Gasteiger partial charge in [0.1, 0.15) is 40.2 Å². The molecular formula is C35H43N7O7S. The minimum Gasteiger partial charge on any atom is -0.479 e. The Bertz CT molecular complexity index is 1820. The maximum Gasteiger partial charge on any atom is 0.408 e. The maximum absolute atomic E-state index is 14.4. The highest BCUT2D eigenvalue weighted by Crippen LogP contribution is 2.45. The number of carboxylic acid groups (broad SMARTS) is 1. The predicted molar refractivity (Wildman–Crippen MR) is 183 cm³/mol. The zero-order chi connectivity index (χ0) is 35.0. The number of allylic oxidation sites excluding steroid dienone is 1. The number of thiophene rings is 1. The van der Waals surface area contributed by atoms with Crippen LogP contribution in [0.5, 0.6) is 5.88 Å². The molecule has 266 valence electrons. The lowest BCUT2D eigenvalue weighted by atomic mass is 10.0. The zero-order valence-corrected chi connectivity index (χ0v) is 29.1. The van der Waals surface area contributed by atoms with E-state index in [1.807, 2.05) is 43.6 Å². The van der Waals surface area contributed by atoms with Crippen molar-refractivity contribution < 1.29 is 33.8 Å². The van der Waals surface area contributed by atoms with Gasteiger partial charge in [-0.2, -0.15) is 10.1 Å². The van der Waals surface area contributed by atoms with Crippen LogP contribution in [0.2, 0.25) is 0 Å². The van der Waals surface area contributed by atoms with E-state index in [4.69, 9.17) is 19.4 Å². The van der Waals surface area contributed by atoms with Gasteiger partial charge in [-0.3, -0.25) is 14.3 Å². The van der Waals surface area contributed by atoms with Crippen molar-refractivity contribution in [1.82, 2.24) is 35.3 Å². The topological polar surface area (TPSA) is 178 Å². The summed E-state index contributed by atoms with van der Waals surface area (Å²) in [5.74, 6) is -1.70. The van der Waals surface area contributed by atoms with E-state index in [1.165, 1.54) is 16.2 Å². The molecular weight excluding hydrogens is 662 g/mol. The molecule has 14 nitrogen and oxygen atoms in total. The number of nitrogens with one attached hydrogen (secondary N) is 2. The largest absolute Gasteiger partial charge is 0.479 e. The minimum atomic E-state index is -1.43. The number of ether oxygens (including phenoxy) is 2. The average Bonchev–Trinajstić information content (AvgIpc) is 3.64. The molecule has 0 radical (unpaired) electrons. The predicted octanol–water partition coefficient (Wildman–Crippen LogP) is 4.27. The Labute approximate surface area is 293 Å². The second-order valence-corrected chi connectivity index (χ2v) is 14.8. The number of nitrogens with zero attached hydrogens (tertiary/aromatic N) is 5. The third-order valence-electron chi connectivity index (χ3n) is 10.3. The van der Waals surface area contributed by atoms with E-state index >= 15 is 0 Å². The van der Waals surface area contributed by atoms with Gasteiger partial charge in [-0.05, 0) is 75.8 Å². The summed E-state index contributed by atoms with van der Waals surface area (Å²) >= 11 is 1.42. The molecule has 7 rings (SSSR count). The van der Waals surface area contributed by atoms with E-state index in [0.717, 1.165) is 55.3 Å². The highest BCUT2D eigenvalue weighted by molar-refractivity contribution is 7.17. The standard InChI is InChI=1S/C35H43N7O7S/c1-20-16-26(41(2)40-20)29-36-24-14-15-50-28(24)31(38-29)48-23-17-27-30(43)39-35(33(45)46)18-21(35)10-6-4-3-5-7-13-25(32(44)42(27)19-23)37-34(47)49-22-11-8-9-12-22/h6,10,14-16,21-23,25,27H,3-5,7-9,11-13,17-19H2,1-2H3,(H,37,47)(H,39,43)(H,45,46)/b10-6+/t21-,23-,25+,27+,35-/m1/s1. The molecule has 3 amide bonds. The summed E-state index contributed by atoms with van der Waals surface area (Å²) in [7, 11) is 1.81. The molecule has 5 atom stereocenters. The molecule has 2 saturated carbocycles. The summed E-state index contributed by atoms with van der Waals surface area (Å²) in [6, 6.07) is 1.80. The second-order valence-electron chi connectivity index (χ2n) is 13.9. The fourth-order valence-corrected chi connectivity index (χ4v) is 8.25. The third-order valence-corrected chi connectivity index (χ3v) is 11.2. The molecule has 4 aliphatic rings. The number of carbonyl (C=O) groups excluding carboxylic acids is 3. The lowest BCUT2D eigenvalue weighted by molar-refractivity contribution is -0.145. The van der Waals surface area contributed by atoms with Gasteiger partial charge in [0.05, 0.1) is 17.8 Å².